The Hall–Kier alpha value is -2.02. The molecule has 1 heterocycles. The van der Waals surface area contributed by atoms with Gasteiger partial charge in [-0.1, -0.05) is 18.2 Å². The topological polar surface area (TPSA) is 70.9 Å². The number of H-pyrrole nitrogens is 1. The van der Waals surface area contributed by atoms with Gasteiger partial charge in [-0.3, -0.25) is 4.79 Å². The molecule has 0 spiro atoms. The van der Waals surface area contributed by atoms with E-state index in [-0.39, 0.29) is 6.42 Å². The second-order valence-electron chi connectivity index (χ2n) is 4.50. The smallest absolute Gasteiger partial charge is 0.361 e. The van der Waals surface area contributed by atoms with Crippen molar-refractivity contribution in [2.75, 3.05) is 6.54 Å². The van der Waals surface area contributed by atoms with Crippen LogP contribution >= 0.6 is 0 Å². The second kappa shape index (κ2) is 5.54. The highest BCUT2D eigenvalue weighted by atomic mass is 19.4. The lowest BCUT2D eigenvalue weighted by molar-refractivity contribution is -0.139. The Kier molecular flexibility index (Phi) is 3.99. The average Bonchev–Trinajstić information content (AvgIpc) is 2.78. The van der Waals surface area contributed by atoms with Crippen molar-refractivity contribution < 1.29 is 18.0 Å². The van der Waals surface area contributed by atoms with E-state index < -0.39 is 24.7 Å². The number of halogens is 3. The first-order valence-electron chi connectivity index (χ1n) is 6.02. The predicted octanol–water partition coefficient (Wildman–Crippen LogP) is 1.72. The molecule has 1 aromatic heterocycles. The Morgan fingerprint density at radius 2 is 2.05 bits per heavy atom. The SMILES string of the molecule is N[C@H](Cc1c[nH]c2ccccc12)C(=O)NCC(F)(F)F. The normalized spacial score (nSPS) is 13.4. The van der Waals surface area contributed by atoms with E-state index in [1.807, 2.05) is 24.3 Å². The van der Waals surface area contributed by atoms with Crippen molar-refractivity contribution in [3.8, 4) is 0 Å². The Bertz CT molecular complexity index is 606. The molecule has 4 nitrogen and oxygen atoms in total. The molecule has 0 aliphatic carbocycles. The minimum absolute atomic E-state index is 0.174. The van der Waals surface area contributed by atoms with E-state index in [4.69, 9.17) is 5.73 Å². The third-order valence-corrected chi connectivity index (χ3v) is 2.91. The summed E-state index contributed by atoms with van der Waals surface area (Å²) < 4.78 is 36.0. The van der Waals surface area contributed by atoms with E-state index in [1.165, 1.54) is 0 Å². The van der Waals surface area contributed by atoms with Crippen molar-refractivity contribution in [2.24, 2.45) is 5.73 Å². The monoisotopic (exact) mass is 285 g/mol. The highest BCUT2D eigenvalue weighted by molar-refractivity contribution is 5.86. The minimum atomic E-state index is -4.43. The largest absolute Gasteiger partial charge is 0.405 e. The summed E-state index contributed by atoms with van der Waals surface area (Å²) in [6.07, 6.45) is -2.55. The standard InChI is InChI=1S/C13H14F3N3O/c14-13(15,16)7-19-12(20)10(17)5-8-6-18-11-4-2-1-3-9(8)11/h1-4,6,10,18H,5,7,17H2,(H,19,20)/t10-/m1/s1. The molecule has 7 heteroatoms. The van der Waals surface area contributed by atoms with Crippen molar-refractivity contribution in [3.63, 3.8) is 0 Å². The number of nitrogens with two attached hydrogens (primary N) is 1. The number of carbonyl (C=O) groups excluding carboxylic acids is 1. The molecule has 1 aromatic carbocycles. The van der Waals surface area contributed by atoms with Crippen LogP contribution in [0, 0.1) is 0 Å². The predicted molar refractivity (Wildman–Crippen MR) is 69.0 cm³/mol. The molecular formula is C13H14F3N3O. The minimum Gasteiger partial charge on any atom is -0.361 e. The molecule has 108 valence electrons. The number of aromatic nitrogens is 1. The number of nitrogens with one attached hydrogen (secondary N) is 2. The summed E-state index contributed by atoms with van der Waals surface area (Å²) in [5, 5.41) is 2.69. The molecule has 0 saturated carbocycles. The molecule has 0 aliphatic rings. The Morgan fingerprint density at radius 1 is 1.35 bits per heavy atom. The van der Waals surface area contributed by atoms with E-state index in [1.54, 1.807) is 11.5 Å². The summed E-state index contributed by atoms with van der Waals surface area (Å²) >= 11 is 0. The Morgan fingerprint density at radius 3 is 2.75 bits per heavy atom. The van der Waals surface area contributed by atoms with Gasteiger partial charge in [0, 0.05) is 17.1 Å². The van der Waals surface area contributed by atoms with Crippen LogP contribution in [-0.4, -0.2) is 29.7 Å². The van der Waals surface area contributed by atoms with Crippen LogP contribution < -0.4 is 11.1 Å². The van der Waals surface area contributed by atoms with Gasteiger partial charge in [0.15, 0.2) is 0 Å². The van der Waals surface area contributed by atoms with Crippen LogP contribution in [-0.2, 0) is 11.2 Å². The number of hydrogen-bond acceptors (Lipinski definition) is 2. The first-order valence-corrected chi connectivity index (χ1v) is 6.02. The van der Waals surface area contributed by atoms with E-state index >= 15 is 0 Å². The summed E-state index contributed by atoms with van der Waals surface area (Å²) in [5.41, 5.74) is 7.33. The number of amides is 1. The summed E-state index contributed by atoms with van der Waals surface area (Å²) in [5.74, 6) is -0.812. The first kappa shape index (κ1) is 14.4. The summed E-state index contributed by atoms with van der Waals surface area (Å²) in [6.45, 7) is -1.37. The van der Waals surface area contributed by atoms with Crippen LogP contribution in [0.5, 0.6) is 0 Å². The highest BCUT2D eigenvalue weighted by Gasteiger charge is 2.28. The van der Waals surface area contributed by atoms with Crippen LogP contribution in [0.1, 0.15) is 5.56 Å². The fourth-order valence-corrected chi connectivity index (χ4v) is 1.95. The molecule has 2 rings (SSSR count). The lowest BCUT2D eigenvalue weighted by atomic mass is 10.1. The van der Waals surface area contributed by atoms with Gasteiger partial charge in [0.1, 0.15) is 6.54 Å². The summed E-state index contributed by atoms with van der Waals surface area (Å²) in [6, 6.07) is 6.42. The Balaban J connectivity index is 2.00. The molecule has 2 aromatic rings. The van der Waals surface area contributed by atoms with Gasteiger partial charge in [0.05, 0.1) is 6.04 Å². The molecular weight excluding hydrogens is 271 g/mol. The van der Waals surface area contributed by atoms with Gasteiger partial charge < -0.3 is 16.0 Å². The van der Waals surface area contributed by atoms with Crippen LogP contribution in [0.2, 0.25) is 0 Å². The molecule has 0 fully saturated rings. The van der Waals surface area contributed by atoms with Gasteiger partial charge >= 0.3 is 6.18 Å². The van der Waals surface area contributed by atoms with Gasteiger partial charge in [0.25, 0.3) is 0 Å². The van der Waals surface area contributed by atoms with Crippen molar-refractivity contribution in [2.45, 2.75) is 18.6 Å². The summed E-state index contributed by atoms with van der Waals surface area (Å²) in [7, 11) is 0. The highest BCUT2D eigenvalue weighted by Crippen LogP contribution is 2.19. The zero-order valence-corrected chi connectivity index (χ0v) is 10.5. The number of fused-ring (bicyclic) bond motifs is 1. The molecule has 1 atom stereocenters. The third-order valence-electron chi connectivity index (χ3n) is 2.91. The molecule has 0 saturated heterocycles. The number of alkyl halides is 3. The van der Waals surface area contributed by atoms with E-state index in [0.29, 0.717) is 0 Å². The van der Waals surface area contributed by atoms with Crippen LogP contribution in [0.15, 0.2) is 30.5 Å². The maximum Gasteiger partial charge on any atom is 0.405 e. The average molecular weight is 285 g/mol. The molecule has 1 amide bonds. The van der Waals surface area contributed by atoms with Gasteiger partial charge in [-0.05, 0) is 18.1 Å². The summed E-state index contributed by atoms with van der Waals surface area (Å²) in [4.78, 5) is 14.5. The Labute approximate surface area is 113 Å². The second-order valence-corrected chi connectivity index (χ2v) is 4.50. The van der Waals surface area contributed by atoms with Crippen LogP contribution in [0.4, 0.5) is 13.2 Å². The number of aromatic amines is 1. The van der Waals surface area contributed by atoms with E-state index in [2.05, 4.69) is 4.98 Å². The lowest BCUT2D eigenvalue weighted by Gasteiger charge is -2.13. The quantitative estimate of drug-likeness (QED) is 0.800. The zero-order chi connectivity index (χ0) is 14.8. The zero-order valence-electron chi connectivity index (χ0n) is 10.5. The van der Waals surface area contributed by atoms with Crippen molar-refractivity contribution >= 4 is 16.8 Å². The molecule has 20 heavy (non-hydrogen) atoms. The van der Waals surface area contributed by atoms with Crippen molar-refractivity contribution in [1.29, 1.82) is 0 Å². The number of para-hydroxylation sites is 1. The first-order chi connectivity index (χ1) is 9.37. The molecule has 0 radical (unpaired) electrons. The molecule has 0 unspecified atom stereocenters. The lowest BCUT2D eigenvalue weighted by Crippen LogP contribution is -2.45. The maximum absolute atomic E-state index is 12.0. The number of rotatable bonds is 4. The fraction of sp³-hybridized carbons (Fsp3) is 0.308. The van der Waals surface area contributed by atoms with Gasteiger partial charge in [-0.25, -0.2) is 0 Å². The molecule has 0 aliphatic heterocycles. The number of benzene rings is 1. The maximum atomic E-state index is 12.0. The molecule has 4 N–H and O–H groups in total. The van der Waals surface area contributed by atoms with Gasteiger partial charge in [-0.15, -0.1) is 0 Å². The third kappa shape index (κ3) is 3.51. The van der Waals surface area contributed by atoms with Crippen molar-refractivity contribution in [1.82, 2.24) is 10.3 Å². The van der Waals surface area contributed by atoms with Crippen LogP contribution in [0.3, 0.4) is 0 Å². The van der Waals surface area contributed by atoms with E-state index in [0.717, 1.165) is 16.5 Å². The number of hydrogen-bond donors (Lipinski definition) is 3. The van der Waals surface area contributed by atoms with Gasteiger partial charge in [0.2, 0.25) is 5.91 Å². The molecule has 0 bridgehead atoms. The van der Waals surface area contributed by atoms with E-state index in [9.17, 15) is 18.0 Å². The fourth-order valence-electron chi connectivity index (χ4n) is 1.95. The van der Waals surface area contributed by atoms with Crippen molar-refractivity contribution in [3.05, 3.63) is 36.0 Å². The number of carbonyl (C=O) groups is 1. The van der Waals surface area contributed by atoms with Gasteiger partial charge in [-0.2, -0.15) is 13.2 Å². The van der Waals surface area contributed by atoms with Crippen LogP contribution in [0.25, 0.3) is 10.9 Å².